The fourth-order valence-electron chi connectivity index (χ4n) is 2.90. The lowest BCUT2D eigenvalue weighted by molar-refractivity contribution is -0.159. The summed E-state index contributed by atoms with van der Waals surface area (Å²) in [6.45, 7) is 0.387. The largest absolute Gasteiger partial charge is 0.471 e. The van der Waals surface area contributed by atoms with Crippen LogP contribution in [0, 0.1) is 5.82 Å². The smallest absolute Gasteiger partial charge is 0.329 e. The molecule has 3 aromatic rings. The molecule has 0 bridgehead atoms. The molecule has 2 amide bonds. The Morgan fingerprint density at radius 3 is 2.60 bits per heavy atom. The Balaban J connectivity index is 1.45. The molecule has 0 saturated carbocycles. The van der Waals surface area contributed by atoms with Crippen molar-refractivity contribution in [1.82, 2.24) is 15.0 Å². The number of carbonyl (C=O) groups is 2. The molecular weight excluding hydrogens is 428 g/mol. The molecule has 0 aliphatic carbocycles. The van der Waals surface area contributed by atoms with Crippen molar-refractivity contribution in [3.63, 3.8) is 0 Å². The number of halogens is 4. The van der Waals surface area contributed by atoms with Gasteiger partial charge in [0.15, 0.2) is 0 Å². The van der Waals surface area contributed by atoms with E-state index in [1.807, 2.05) is 0 Å². The van der Waals surface area contributed by atoms with E-state index in [1.165, 1.54) is 17.0 Å². The molecule has 0 spiro atoms. The number of fused-ring (bicyclic) bond motifs is 1. The molecule has 0 atom stereocenters. The summed E-state index contributed by atoms with van der Waals surface area (Å²) in [6.07, 6.45) is -4.31. The number of benzene rings is 1. The molecule has 3 heterocycles. The number of thiophene rings is 1. The molecule has 7 nitrogen and oxygen atoms in total. The molecule has 156 valence electrons. The highest BCUT2D eigenvalue weighted by molar-refractivity contribution is 7.15. The molecule has 0 saturated heterocycles. The molecule has 0 unspecified atom stereocenters. The van der Waals surface area contributed by atoms with Gasteiger partial charge in [0.05, 0.1) is 11.4 Å². The van der Waals surface area contributed by atoms with Crippen molar-refractivity contribution in [3.8, 4) is 10.7 Å². The van der Waals surface area contributed by atoms with Crippen LogP contribution in [0.5, 0.6) is 0 Å². The Labute approximate surface area is 170 Å². The Morgan fingerprint density at radius 2 is 1.93 bits per heavy atom. The number of aromatic nitrogens is 2. The van der Waals surface area contributed by atoms with Gasteiger partial charge in [-0.25, -0.2) is 4.39 Å². The molecule has 1 N–H and O–H groups in total. The van der Waals surface area contributed by atoms with Gasteiger partial charge in [0, 0.05) is 17.1 Å². The summed E-state index contributed by atoms with van der Waals surface area (Å²) in [5.41, 5.74) is 1.12. The van der Waals surface area contributed by atoms with Gasteiger partial charge in [-0.15, -0.1) is 11.3 Å². The van der Waals surface area contributed by atoms with Crippen molar-refractivity contribution in [3.05, 3.63) is 52.5 Å². The van der Waals surface area contributed by atoms with Crippen molar-refractivity contribution in [2.45, 2.75) is 19.1 Å². The first kappa shape index (κ1) is 20.0. The Hall–Kier alpha value is -3.28. The van der Waals surface area contributed by atoms with Crippen LogP contribution in [-0.2, 0) is 28.7 Å². The Morgan fingerprint density at radius 1 is 1.20 bits per heavy atom. The van der Waals surface area contributed by atoms with E-state index in [9.17, 15) is 27.2 Å². The zero-order valence-corrected chi connectivity index (χ0v) is 15.8. The lowest BCUT2D eigenvalue weighted by Crippen LogP contribution is -2.42. The second-order valence-corrected chi connectivity index (χ2v) is 7.55. The SMILES string of the molecule is O=C(Nc1ccc(F)cc1)C(=O)N1CCc2cc(-c3noc(C(F)(F)F)n3)sc2C1. The zero-order valence-electron chi connectivity index (χ0n) is 15.0. The molecule has 2 aromatic heterocycles. The second-order valence-electron chi connectivity index (χ2n) is 6.42. The van der Waals surface area contributed by atoms with Crippen molar-refractivity contribution in [2.75, 3.05) is 11.9 Å². The lowest BCUT2D eigenvalue weighted by atomic mass is 10.1. The van der Waals surface area contributed by atoms with E-state index in [1.54, 1.807) is 6.07 Å². The van der Waals surface area contributed by atoms with Crippen LogP contribution in [0.25, 0.3) is 10.7 Å². The van der Waals surface area contributed by atoms with Gasteiger partial charge < -0.3 is 14.7 Å². The number of rotatable bonds is 2. The maximum atomic E-state index is 12.9. The van der Waals surface area contributed by atoms with Crippen molar-refractivity contribution >= 4 is 28.8 Å². The third kappa shape index (κ3) is 4.03. The second kappa shape index (κ2) is 7.52. The van der Waals surface area contributed by atoms with Crippen molar-refractivity contribution in [2.24, 2.45) is 0 Å². The molecule has 30 heavy (non-hydrogen) atoms. The van der Waals surface area contributed by atoms with Crippen LogP contribution < -0.4 is 5.32 Å². The van der Waals surface area contributed by atoms with Gasteiger partial charge in [-0.2, -0.15) is 18.2 Å². The quantitative estimate of drug-likeness (QED) is 0.487. The van der Waals surface area contributed by atoms with Crippen LogP contribution in [0.1, 0.15) is 16.3 Å². The third-order valence-corrected chi connectivity index (χ3v) is 5.51. The molecule has 0 radical (unpaired) electrons. The first-order chi connectivity index (χ1) is 14.2. The van der Waals surface area contributed by atoms with Crippen LogP contribution in [0.2, 0.25) is 0 Å². The molecule has 1 aliphatic heterocycles. The van der Waals surface area contributed by atoms with Gasteiger partial charge in [0.1, 0.15) is 5.82 Å². The average Bonchev–Trinajstić information content (AvgIpc) is 3.35. The van der Waals surface area contributed by atoms with Crippen LogP contribution in [-0.4, -0.2) is 33.4 Å². The molecule has 1 aliphatic rings. The number of nitrogens with zero attached hydrogens (tertiary/aromatic N) is 3. The molecule has 4 rings (SSSR count). The van der Waals surface area contributed by atoms with Crippen LogP contribution in [0.15, 0.2) is 34.9 Å². The molecule has 0 fully saturated rings. The summed E-state index contributed by atoms with van der Waals surface area (Å²) >= 11 is 1.13. The average molecular weight is 440 g/mol. The van der Waals surface area contributed by atoms with Crippen molar-refractivity contribution in [1.29, 1.82) is 0 Å². The standard InChI is InChI=1S/C18H12F4N4O3S/c19-10-1-3-11(4-2-10)23-15(27)16(28)26-6-5-9-7-12(30-13(9)8-26)14-24-17(29-25-14)18(20,21)22/h1-4,7H,5-6,8H2,(H,23,27). The maximum absolute atomic E-state index is 12.9. The number of alkyl halides is 3. The van der Waals surface area contributed by atoms with E-state index < -0.39 is 29.7 Å². The summed E-state index contributed by atoms with van der Waals surface area (Å²) in [6, 6.07) is 6.64. The molecule has 12 heteroatoms. The highest BCUT2D eigenvalue weighted by Crippen LogP contribution is 2.35. The Bertz CT molecular complexity index is 1110. The summed E-state index contributed by atoms with van der Waals surface area (Å²) in [5, 5.41) is 5.77. The fourth-order valence-corrected chi connectivity index (χ4v) is 4.06. The maximum Gasteiger partial charge on any atom is 0.471 e. The summed E-state index contributed by atoms with van der Waals surface area (Å²) in [7, 11) is 0. The van der Waals surface area contributed by atoms with Crippen LogP contribution in [0.4, 0.5) is 23.2 Å². The monoisotopic (exact) mass is 440 g/mol. The first-order valence-corrected chi connectivity index (χ1v) is 9.41. The molecular formula is C18H12F4N4O3S. The predicted octanol–water partition coefficient (Wildman–Crippen LogP) is 3.48. The van der Waals surface area contributed by atoms with Gasteiger partial charge in [-0.1, -0.05) is 5.16 Å². The third-order valence-electron chi connectivity index (χ3n) is 4.35. The topological polar surface area (TPSA) is 88.3 Å². The van der Waals surface area contributed by atoms with E-state index in [2.05, 4.69) is 20.0 Å². The van der Waals surface area contributed by atoms with Gasteiger partial charge in [0.25, 0.3) is 0 Å². The minimum atomic E-state index is -4.73. The summed E-state index contributed by atoms with van der Waals surface area (Å²) in [5.74, 6) is -3.72. The van der Waals surface area contributed by atoms with Crippen molar-refractivity contribution < 1.29 is 31.7 Å². The first-order valence-electron chi connectivity index (χ1n) is 8.59. The minimum absolute atomic E-state index is 0.125. The van der Waals surface area contributed by atoms with Crippen LogP contribution >= 0.6 is 11.3 Å². The van der Waals surface area contributed by atoms with Gasteiger partial charge in [-0.3, -0.25) is 9.59 Å². The van der Waals surface area contributed by atoms with E-state index in [0.717, 1.165) is 33.9 Å². The van der Waals surface area contributed by atoms with Gasteiger partial charge in [0.2, 0.25) is 5.82 Å². The van der Waals surface area contributed by atoms with E-state index >= 15 is 0 Å². The number of amides is 2. The summed E-state index contributed by atoms with van der Waals surface area (Å²) < 4.78 is 55.1. The number of anilines is 1. The summed E-state index contributed by atoms with van der Waals surface area (Å²) in [4.78, 5) is 30.4. The highest BCUT2D eigenvalue weighted by Gasteiger charge is 2.39. The Kier molecular flexibility index (Phi) is 5.02. The van der Waals surface area contributed by atoms with Gasteiger partial charge >= 0.3 is 23.9 Å². The number of nitrogens with one attached hydrogen (secondary N) is 1. The van der Waals surface area contributed by atoms with Gasteiger partial charge in [-0.05, 0) is 42.3 Å². The fraction of sp³-hybridized carbons (Fsp3) is 0.222. The lowest BCUT2D eigenvalue weighted by Gasteiger charge is -2.26. The van der Waals surface area contributed by atoms with E-state index in [4.69, 9.17) is 0 Å². The predicted molar refractivity (Wildman–Crippen MR) is 96.8 cm³/mol. The number of hydrogen-bond donors (Lipinski definition) is 1. The van der Waals surface area contributed by atoms with Crippen LogP contribution in [0.3, 0.4) is 0 Å². The highest BCUT2D eigenvalue weighted by atomic mass is 32.1. The normalized spacial score (nSPS) is 13.8. The molecule has 1 aromatic carbocycles. The number of carbonyl (C=O) groups excluding carboxylic acids is 2. The minimum Gasteiger partial charge on any atom is -0.329 e. The number of hydrogen-bond acceptors (Lipinski definition) is 6. The zero-order chi connectivity index (χ0) is 21.5. The van der Waals surface area contributed by atoms with E-state index in [-0.39, 0.29) is 24.6 Å². The van der Waals surface area contributed by atoms with E-state index in [0.29, 0.717) is 11.3 Å².